The van der Waals surface area contributed by atoms with Crippen molar-refractivity contribution in [3.63, 3.8) is 0 Å². The summed E-state index contributed by atoms with van der Waals surface area (Å²) >= 11 is 0. The second-order valence-electron chi connectivity index (χ2n) is 6.17. The van der Waals surface area contributed by atoms with E-state index in [1.165, 1.54) is 5.56 Å². The minimum atomic E-state index is -0.0557. The first-order chi connectivity index (χ1) is 8.30. The third-order valence-electron chi connectivity index (χ3n) is 3.72. The number of carbonyl (C=O) groups excluding carboxylic acids is 1. The quantitative estimate of drug-likeness (QED) is 0.827. The third-order valence-corrected chi connectivity index (χ3v) is 3.72. The molecule has 2 atom stereocenters. The van der Waals surface area contributed by atoms with Crippen molar-refractivity contribution in [2.75, 3.05) is 4.90 Å². The molecule has 2 unspecified atom stereocenters. The van der Waals surface area contributed by atoms with E-state index in [0.29, 0.717) is 6.42 Å². The van der Waals surface area contributed by atoms with Gasteiger partial charge < -0.3 is 10.6 Å². The van der Waals surface area contributed by atoms with Crippen molar-refractivity contribution < 1.29 is 4.79 Å². The highest BCUT2D eigenvalue weighted by atomic mass is 16.2. The summed E-state index contributed by atoms with van der Waals surface area (Å²) in [4.78, 5) is 13.7. The molecule has 1 amide bonds. The highest BCUT2D eigenvalue weighted by molar-refractivity contribution is 5.97. The van der Waals surface area contributed by atoms with E-state index < -0.39 is 0 Å². The number of anilines is 1. The summed E-state index contributed by atoms with van der Waals surface area (Å²) in [5.74, 6) is 0.124. The largest absolute Gasteiger partial charge is 0.325 e. The van der Waals surface area contributed by atoms with Gasteiger partial charge in [0.15, 0.2) is 0 Å². The molecule has 18 heavy (non-hydrogen) atoms. The summed E-state index contributed by atoms with van der Waals surface area (Å²) in [5, 5.41) is 0. The van der Waals surface area contributed by atoms with Gasteiger partial charge in [0, 0.05) is 24.2 Å². The van der Waals surface area contributed by atoms with E-state index in [4.69, 9.17) is 5.73 Å². The lowest BCUT2D eigenvalue weighted by Crippen LogP contribution is -2.37. The minimum Gasteiger partial charge on any atom is -0.325 e. The van der Waals surface area contributed by atoms with Crippen LogP contribution in [0.1, 0.15) is 39.7 Å². The lowest BCUT2D eigenvalue weighted by Gasteiger charge is -2.25. The van der Waals surface area contributed by atoms with E-state index in [-0.39, 0.29) is 23.4 Å². The Balaban J connectivity index is 2.28. The summed E-state index contributed by atoms with van der Waals surface area (Å²) in [6.45, 7) is 8.55. The highest BCUT2D eigenvalue weighted by Crippen LogP contribution is 2.29. The first kappa shape index (κ1) is 13.1. The van der Waals surface area contributed by atoms with E-state index in [9.17, 15) is 4.79 Å². The predicted octanol–water partition coefficient (Wildman–Crippen LogP) is 2.44. The Kier molecular flexibility index (Phi) is 3.20. The maximum Gasteiger partial charge on any atom is 0.228 e. The van der Waals surface area contributed by atoms with Gasteiger partial charge in [-0.05, 0) is 30.0 Å². The van der Waals surface area contributed by atoms with Crippen molar-refractivity contribution in [1.82, 2.24) is 0 Å². The van der Waals surface area contributed by atoms with Crippen molar-refractivity contribution in [1.29, 1.82) is 0 Å². The summed E-state index contributed by atoms with van der Waals surface area (Å²) in [6, 6.07) is 8.26. The summed E-state index contributed by atoms with van der Waals surface area (Å²) in [5.41, 5.74) is 8.29. The van der Waals surface area contributed by atoms with Crippen molar-refractivity contribution in [2.24, 2.45) is 5.73 Å². The van der Waals surface area contributed by atoms with Crippen LogP contribution in [0.2, 0.25) is 0 Å². The van der Waals surface area contributed by atoms with Crippen LogP contribution in [-0.4, -0.2) is 18.0 Å². The van der Waals surface area contributed by atoms with Gasteiger partial charge in [0.1, 0.15) is 0 Å². The molecule has 1 heterocycles. The summed E-state index contributed by atoms with van der Waals surface area (Å²) < 4.78 is 0. The second-order valence-corrected chi connectivity index (χ2v) is 6.17. The zero-order valence-corrected chi connectivity index (χ0v) is 11.6. The first-order valence-corrected chi connectivity index (χ1v) is 6.49. The molecule has 0 aliphatic carbocycles. The molecule has 98 valence electrons. The average molecular weight is 246 g/mol. The lowest BCUT2D eigenvalue weighted by atomic mass is 9.87. The predicted molar refractivity (Wildman–Crippen MR) is 74.7 cm³/mol. The topological polar surface area (TPSA) is 46.3 Å². The molecule has 0 spiro atoms. The fourth-order valence-electron chi connectivity index (χ4n) is 2.39. The molecule has 3 nitrogen and oxygen atoms in total. The molecule has 1 saturated heterocycles. The van der Waals surface area contributed by atoms with Crippen LogP contribution in [0, 0.1) is 0 Å². The number of nitrogens with two attached hydrogens (primary N) is 1. The number of nitrogens with zero attached hydrogens (tertiary/aromatic N) is 1. The monoisotopic (exact) mass is 246 g/mol. The molecule has 1 fully saturated rings. The van der Waals surface area contributed by atoms with Gasteiger partial charge in [-0.1, -0.05) is 32.9 Å². The molecular formula is C15H22N2O. The average Bonchev–Trinajstić information content (AvgIpc) is 2.52. The Morgan fingerprint density at radius 3 is 2.17 bits per heavy atom. The molecule has 0 saturated carbocycles. The number of carbonyl (C=O) groups is 1. The zero-order valence-electron chi connectivity index (χ0n) is 11.6. The van der Waals surface area contributed by atoms with E-state index >= 15 is 0 Å². The molecule has 0 aromatic heterocycles. The SMILES string of the molecule is CC1C(N)CC(=O)N1c1ccc(C(C)(C)C)cc1. The molecule has 3 heteroatoms. The molecule has 2 rings (SSSR count). The van der Waals surface area contributed by atoms with Gasteiger partial charge in [0.05, 0.1) is 0 Å². The molecule has 0 bridgehead atoms. The third kappa shape index (κ3) is 2.27. The number of benzene rings is 1. The standard InChI is InChI=1S/C15H22N2O/c1-10-13(16)9-14(18)17(10)12-7-5-11(6-8-12)15(2,3)4/h5-8,10,13H,9,16H2,1-4H3. The van der Waals surface area contributed by atoms with Crippen LogP contribution >= 0.6 is 0 Å². The van der Waals surface area contributed by atoms with Crippen molar-refractivity contribution in [2.45, 2.75) is 51.6 Å². The molecule has 2 N–H and O–H groups in total. The van der Waals surface area contributed by atoms with Crippen LogP contribution < -0.4 is 10.6 Å². The van der Waals surface area contributed by atoms with Crippen LogP contribution in [0.25, 0.3) is 0 Å². The second kappa shape index (κ2) is 4.39. The Morgan fingerprint density at radius 2 is 1.78 bits per heavy atom. The maximum absolute atomic E-state index is 11.9. The van der Waals surface area contributed by atoms with Crippen LogP contribution in [0.5, 0.6) is 0 Å². The van der Waals surface area contributed by atoms with Gasteiger partial charge in [0.25, 0.3) is 0 Å². The van der Waals surface area contributed by atoms with Gasteiger partial charge in [0.2, 0.25) is 5.91 Å². The molecule has 1 aliphatic heterocycles. The van der Waals surface area contributed by atoms with Crippen molar-refractivity contribution in [3.05, 3.63) is 29.8 Å². The number of amides is 1. The smallest absolute Gasteiger partial charge is 0.228 e. The Hall–Kier alpha value is -1.35. The highest BCUT2D eigenvalue weighted by Gasteiger charge is 2.35. The number of hydrogen-bond acceptors (Lipinski definition) is 2. The molecule has 0 radical (unpaired) electrons. The molecular weight excluding hydrogens is 224 g/mol. The lowest BCUT2D eigenvalue weighted by molar-refractivity contribution is -0.117. The van der Waals surface area contributed by atoms with Crippen LogP contribution in [0.15, 0.2) is 24.3 Å². The Labute approximate surface area is 109 Å². The van der Waals surface area contributed by atoms with Crippen LogP contribution in [0.4, 0.5) is 5.69 Å². The normalized spacial score (nSPS) is 24.7. The summed E-state index contributed by atoms with van der Waals surface area (Å²) in [6.07, 6.45) is 0.447. The Morgan fingerprint density at radius 1 is 1.22 bits per heavy atom. The van der Waals surface area contributed by atoms with Gasteiger partial charge in [-0.25, -0.2) is 0 Å². The van der Waals surface area contributed by atoms with Crippen LogP contribution in [0.3, 0.4) is 0 Å². The fourth-order valence-corrected chi connectivity index (χ4v) is 2.39. The fraction of sp³-hybridized carbons (Fsp3) is 0.533. The van der Waals surface area contributed by atoms with E-state index in [1.807, 2.05) is 24.0 Å². The van der Waals surface area contributed by atoms with Crippen molar-refractivity contribution in [3.8, 4) is 0 Å². The minimum absolute atomic E-state index is 0.0557. The van der Waals surface area contributed by atoms with E-state index in [0.717, 1.165) is 5.69 Å². The maximum atomic E-state index is 11.9. The van der Waals surface area contributed by atoms with Gasteiger partial charge in [-0.2, -0.15) is 0 Å². The molecule has 1 aromatic rings. The van der Waals surface area contributed by atoms with Crippen LogP contribution in [-0.2, 0) is 10.2 Å². The van der Waals surface area contributed by atoms with Gasteiger partial charge in [-0.3, -0.25) is 4.79 Å². The van der Waals surface area contributed by atoms with E-state index in [1.54, 1.807) is 0 Å². The Bertz CT molecular complexity index is 445. The van der Waals surface area contributed by atoms with Crippen molar-refractivity contribution >= 4 is 11.6 Å². The zero-order chi connectivity index (χ0) is 13.5. The number of rotatable bonds is 1. The number of hydrogen-bond donors (Lipinski definition) is 1. The first-order valence-electron chi connectivity index (χ1n) is 6.49. The van der Waals surface area contributed by atoms with Gasteiger partial charge in [-0.15, -0.1) is 0 Å². The molecule has 1 aromatic carbocycles. The summed E-state index contributed by atoms with van der Waals surface area (Å²) in [7, 11) is 0. The molecule has 1 aliphatic rings. The van der Waals surface area contributed by atoms with Gasteiger partial charge >= 0.3 is 0 Å². The van der Waals surface area contributed by atoms with E-state index in [2.05, 4.69) is 32.9 Å².